The molecule has 0 spiro atoms. The molecule has 0 aliphatic rings. The van der Waals surface area contributed by atoms with Crippen LogP contribution < -0.4 is 5.32 Å². The highest BCUT2D eigenvalue weighted by molar-refractivity contribution is 5.95. The van der Waals surface area contributed by atoms with Gasteiger partial charge in [-0.2, -0.15) is 5.10 Å². The molecular formula is C33H27N7. The lowest BCUT2D eigenvalue weighted by Gasteiger charge is -2.12. The Morgan fingerprint density at radius 3 is 2.50 bits per heavy atom. The van der Waals surface area contributed by atoms with Crippen LogP contribution in [0.2, 0.25) is 0 Å². The third kappa shape index (κ3) is 4.72. The number of aromatic nitrogens is 6. The Bertz CT molecular complexity index is 1910. The molecule has 0 bridgehead atoms. The molecule has 0 amide bonds. The number of fused-ring (bicyclic) bond motifs is 2. The van der Waals surface area contributed by atoms with Crippen LogP contribution in [0.1, 0.15) is 18.2 Å². The first-order valence-corrected chi connectivity index (χ1v) is 12.9. The van der Waals surface area contributed by atoms with Crippen molar-refractivity contribution in [1.82, 2.24) is 35.5 Å². The fraction of sp³-hybridized carbons (Fsp3) is 0.0303. The van der Waals surface area contributed by atoms with Crippen LogP contribution in [-0.4, -0.2) is 30.1 Å². The molecule has 4 aromatic heterocycles. The van der Waals surface area contributed by atoms with Crippen molar-refractivity contribution in [2.45, 2.75) is 6.92 Å². The second kappa shape index (κ2) is 10.7. The maximum atomic E-state index is 4.99. The zero-order valence-electron chi connectivity index (χ0n) is 22.0. The summed E-state index contributed by atoms with van der Waals surface area (Å²) in [5.41, 5.74) is 10.1. The lowest BCUT2D eigenvalue weighted by Crippen LogP contribution is -2.09. The lowest BCUT2D eigenvalue weighted by atomic mass is 10.1. The molecule has 4 heterocycles. The molecule has 0 atom stereocenters. The Morgan fingerprint density at radius 1 is 0.875 bits per heavy atom. The predicted octanol–water partition coefficient (Wildman–Crippen LogP) is 7.30. The molecule has 40 heavy (non-hydrogen) atoms. The fourth-order valence-electron chi connectivity index (χ4n) is 4.60. The van der Waals surface area contributed by atoms with Crippen LogP contribution >= 0.6 is 0 Å². The topological polar surface area (TPSA) is 95.2 Å². The van der Waals surface area contributed by atoms with Gasteiger partial charge in [0.2, 0.25) is 0 Å². The maximum Gasteiger partial charge on any atom is 0.161 e. The number of para-hydroxylation sites is 1. The number of imidazole rings is 1. The Balaban J connectivity index is 1.36. The highest BCUT2D eigenvalue weighted by Gasteiger charge is 2.17. The Hall–Kier alpha value is -5.56. The van der Waals surface area contributed by atoms with Gasteiger partial charge in [0, 0.05) is 23.2 Å². The monoisotopic (exact) mass is 521 g/mol. The van der Waals surface area contributed by atoms with Gasteiger partial charge in [0.1, 0.15) is 5.52 Å². The van der Waals surface area contributed by atoms with Crippen molar-refractivity contribution in [2.75, 3.05) is 0 Å². The molecule has 7 heteroatoms. The van der Waals surface area contributed by atoms with Gasteiger partial charge in [-0.3, -0.25) is 10.1 Å². The van der Waals surface area contributed by atoms with E-state index in [1.807, 2.05) is 97.9 Å². The Morgan fingerprint density at radius 2 is 1.73 bits per heavy atom. The number of nitrogens with zero attached hydrogens (tertiary/aromatic N) is 4. The van der Waals surface area contributed by atoms with Crippen molar-refractivity contribution in [2.24, 2.45) is 0 Å². The second-order valence-corrected chi connectivity index (χ2v) is 9.18. The molecule has 3 N–H and O–H groups in total. The van der Waals surface area contributed by atoms with E-state index in [1.54, 1.807) is 12.3 Å². The van der Waals surface area contributed by atoms with Crippen molar-refractivity contribution in [1.29, 1.82) is 0 Å². The second-order valence-electron chi connectivity index (χ2n) is 9.18. The summed E-state index contributed by atoms with van der Waals surface area (Å²) in [6.07, 6.45) is 7.58. The summed E-state index contributed by atoms with van der Waals surface area (Å²) in [7, 11) is 0. The molecule has 0 unspecified atom stereocenters. The summed E-state index contributed by atoms with van der Waals surface area (Å²) >= 11 is 0. The van der Waals surface area contributed by atoms with E-state index < -0.39 is 0 Å². The number of allylic oxidation sites excluding steroid dienone is 4. The van der Waals surface area contributed by atoms with Gasteiger partial charge in [-0.05, 0) is 60.5 Å². The van der Waals surface area contributed by atoms with Gasteiger partial charge in [0.05, 0.1) is 27.9 Å². The van der Waals surface area contributed by atoms with Crippen LogP contribution in [0.25, 0.3) is 56.1 Å². The van der Waals surface area contributed by atoms with Gasteiger partial charge < -0.3 is 10.3 Å². The first kappa shape index (κ1) is 24.8. The van der Waals surface area contributed by atoms with E-state index in [-0.39, 0.29) is 0 Å². The van der Waals surface area contributed by atoms with E-state index >= 15 is 0 Å². The standard InChI is InChI=1S/C33H27N7/c1-4-22(20-24(5-2)35-21(3)23-12-7-6-8-13-23)26-17-18-29-31(36-26)32(40-39-29)33-37-28-16-11-14-25(30(28)38-33)27-15-9-10-19-34-27/h4-20,35H,2-3H2,1H3,(H,37,38)(H,39,40)/b22-4+,24-20+. The van der Waals surface area contributed by atoms with Gasteiger partial charge >= 0.3 is 0 Å². The number of rotatable bonds is 8. The summed E-state index contributed by atoms with van der Waals surface area (Å²) in [6, 6.07) is 25.8. The molecule has 0 saturated heterocycles. The van der Waals surface area contributed by atoms with Gasteiger partial charge in [-0.15, -0.1) is 0 Å². The van der Waals surface area contributed by atoms with Crippen LogP contribution in [0.5, 0.6) is 0 Å². The van der Waals surface area contributed by atoms with E-state index in [2.05, 4.69) is 38.6 Å². The maximum absolute atomic E-state index is 4.99. The SMILES string of the molecule is C=C/C(=C\C(=C/C)c1ccc2[nH]nc(-c3nc4c(-c5ccccn5)cccc4[nH]3)c2n1)NC(=C)c1ccccc1. The van der Waals surface area contributed by atoms with Gasteiger partial charge in [0.25, 0.3) is 0 Å². The number of nitrogens with one attached hydrogen (secondary N) is 3. The van der Waals surface area contributed by atoms with E-state index in [9.17, 15) is 0 Å². The summed E-state index contributed by atoms with van der Waals surface area (Å²) in [5, 5.41) is 11.0. The molecule has 2 aromatic carbocycles. The zero-order valence-corrected chi connectivity index (χ0v) is 22.0. The van der Waals surface area contributed by atoms with Crippen LogP contribution in [0.4, 0.5) is 0 Å². The molecule has 0 saturated carbocycles. The van der Waals surface area contributed by atoms with Crippen molar-refractivity contribution < 1.29 is 0 Å². The summed E-state index contributed by atoms with van der Waals surface area (Å²) in [5.74, 6) is 0.638. The summed E-state index contributed by atoms with van der Waals surface area (Å²) in [6.45, 7) is 10.1. The number of hydrogen-bond acceptors (Lipinski definition) is 5. The lowest BCUT2D eigenvalue weighted by molar-refractivity contribution is 1.10. The van der Waals surface area contributed by atoms with Crippen molar-refractivity contribution in [3.8, 4) is 22.8 Å². The van der Waals surface area contributed by atoms with Crippen LogP contribution in [0.15, 0.2) is 122 Å². The highest BCUT2D eigenvalue weighted by atomic mass is 15.1. The molecule has 194 valence electrons. The van der Waals surface area contributed by atoms with E-state index in [0.29, 0.717) is 11.5 Å². The molecule has 0 radical (unpaired) electrons. The van der Waals surface area contributed by atoms with Crippen LogP contribution in [0.3, 0.4) is 0 Å². The van der Waals surface area contributed by atoms with Crippen molar-refractivity contribution in [3.05, 3.63) is 133 Å². The molecule has 6 rings (SSSR count). The van der Waals surface area contributed by atoms with Crippen molar-refractivity contribution in [3.63, 3.8) is 0 Å². The Labute approximate surface area is 231 Å². The smallest absolute Gasteiger partial charge is 0.161 e. The minimum atomic E-state index is 0.638. The molecule has 0 aliphatic carbocycles. The molecular weight excluding hydrogens is 494 g/mol. The average Bonchev–Trinajstić information content (AvgIpc) is 3.64. The number of pyridine rings is 2. The third-order valence-corrected chi connectivity index (χ3v) is 6.64. The fourth-order valence-corrected chi connectivity index (χ4v) is 4.60. The first-order valence-electron chi connectivity index (χ1n) is 12.9. The average molecular weight is 522 g/mol. The minimum absolute atomic E-state index is 0.638. The zero-order chi connectivity index (χ0) is 27.5. The molecule has 7 nitrogen and oxygen atoms in total. The van der Waals surface area contributed by atoms with Crippen LogP contribution in [-0.2, 0) is 0 Å². The minimum Gasteiger partial charge on any atom is -0.356 e. The van der Waals surface area contributed by atoms with Gasteiger partial charge in [0.15, 0.2) is 11.5 Å². The van der Waals surface area contributed by atoms with E-state index in [1.165, 1.54) is 0 Å². The summed E-state index contributed by atoms with van der Waals surface area (Å²) < 4.78 is 0. The van der Waals surface area contributed by atoms with Crippen LogP contribution in [0, 0.1) is 0 Å². The van der Waals surface area contributed by atoms with Gasteiger partial charge in [-0.25, -0.2) is 9.97 Å². The predicted molar refractivity (Wildman–Crippen MR) is 163 cm³/mol. The highest BCUT2D eigenvalue weighted by Crippen LogP contribution is 2.31. The quantitative estimate of drug-likeness (QED) is 0.183. The molecule has 0 aliphatic heterocycles. The number of aromatic amines is 2. The molecule has 6 aromatic rings. The van der Waals surface area contributed by atoms with E-state index in [4.69, 9.17) is 9.97 Å². The van der Waals surface area contributed by atoms with E-state index in [0.717, 1.165) is 61.5 Å². The third-order valence-electron chi connectivity index (χ3n) is 6.64. The largest absolute Gasteiger partial charge is 0.356 e. The Kier molecular flexibility index (Phi) is 6.60. The number of H-pyrrole nitrogens is 2. The normalized spacial score (nSPS) is 12.1. The van der Waals surface area contributed by atoms with Gasteiger partial charge in [-0.1, -0.05) is 67.8 Å². The summed E-state index contributed by atoms with van der Waals surface area (Å²) in [4.78, 5) is 17.8. The number of benzene rings is 2. The molecule has 0 fully saturated rings. The first-order chi connectivity index (χ1) is 19.6. The van der Waals surface area contributed by atoms with Crippen molar-refractivity contribution >= 4 is 33.3 Å². The number of hydrogen-bond donors (Lipinski definition) is 3.